The first kappa shape index (κ1) is 24.9. The Hall–Kier alpha value is -3.81. The van der Waals surface area contributed by atoms with Crippen molar-refractivity contribution in [1.29, 1.82) is 0 Å². The van der Waals surface area contributed by atoms with Gasteiger partial charge < -0.3 is 15.2 Å². The number of phenols is 1. The second-order valence-electron chi connectivity index (χ2n) is 10.1. The molecule has 5 rings (SSSR count). The number of nitrogens with zero attached hydrogens (tertiary/aromatic N) is 5. The van der Waals surface area contributed by atoms with E-state index >= 15 is 0 Å². The van der Waals surface area contributed by atoms with Gasteiger partial charge in [-0.25, -0.2) is 0 Å². The summed E-state index contributed by atoms with van der Waals surface area (Å²) in [5, 5.41) is 18.4. The molecule has 1 heterocycles. The van der Waals surface area contributed by atoms with E-state index in [-0.39, 0.29) is 23.5 Å². The highest BCUT2D eigenvalue weighted by Gasteiger charge is 2.33. The number of benzene rings is 2. The number of rotatable bonds is 9. The lowest BCUT2D eigenvalue weighted by Gasteiger charge is -2.35. The molecular weight excluding hydrogens is 468 g/mol. The summed E-state index contributed by atoms with van der Waals surface area (Å²) >= 11 is 0. The van der Waals surface area contributed by atoms with Gasteiger partial charge in [-0.1, -0.05) is 17.2 Å². The minimum Gasteiger partial charge on any atom is -0.504 e. The first-order valence-electron chi connectivity index (χ1n) is 12.8. The molecule has 0 atom stereocenters. The standard InChI is InChI=1S/C28H32N6O3/c1-34(16-31-33-29)21-9-7-20(8-10-21)32-27-22-13-18(19-6-12-25(35)26(14-19)37-2)5-11-24(22)30-15-23(27)28(36)17-3-4-17/h5-6,11-15,17,20-21,35H,3-4,7-10,16H2,1-2H3,(H,30,32)/t20-,21-. The number of ether oxygens (including phenoxy) is 1. The maximum Gasteiger partial charge on any atom is 0.169 e. The van der Waals surface area contributed by atoms with E-state index in [0.717, 1.165) is 66.2 Å². The summed E-state index contributed by atoms with van der Waals surface area (Å²) < 4.78 is 5.30. The van der Waals surface area contributed by atoms with Crippen LogP contribution in [0.3, 0.4) is 0 Å². The van der Waals surface area contributed by atoms with Crippen molar-refractivity contribution in [3.8, 4) is 22.6 Å². The van der Waals surface area contributed by atoms with Crippen molar-refractivity contribution >= 4 is 22.4 Å². The molecule has 0 saturated heterocycles. The lowest BCUT2D eigenvalue weighted by molar-refractivity contribution is 0.0968. The molecule has 2 N–H and O–H groups in total. The lowest BCUT2D eigenvalue weighted by Crippen LogP contribution is -2.38. The van der Waals surface area contributed by atoms with E-state index < -0.39 is 0 Å². The molecule has 0 unspecified atom stereocenters. The SMILES string of the molecule is COc1cc(-c2ccc3ncc(C(=O)C4CC4)c(N[C@H]4CC[C@H](N(C)CN=[N+]=[N-])CC4)c3c2)ccc1O. The summed E-state index contributed by atoms with van der Waals surface area (Å²) in [6.45, 7) is 0.374. The molecule has 0 bridgehead atoms. The molecular formula is C28H32N6O3. The zero-order chi connectivity index (χ0) is 25.9. The summed E-state index contributed by atoms with van der Waals surface area (Å²) in [7, 11) is 3.53. The number of Topliss-reactive ketones (excluding diaryl/α,β-unsaturated/α-hetero) is 1. The van der Waals surface area contributed by atoms with Gasteiger partial charge in [0, 0.05) is 34.5 Å². The highest BCUT2D eigenvalue weighted by Crippen LogP contribution is 2.39. The van der Waals surface area contributed by atoms with E-state index in [1.165, 1.54) is 7.11 Å². The molecule has 0 aliphatic heterocycles. The van der Waals surface area contributed by atoms with Crippen LogP contribution in [0.4, 0.5) is 5.69 Å². The number of azide groups is 1. The van der Waals surface area contributed by atoms with E-state index in [4.69, 9.17) is 10.3 Å². The fourth-order valence-corrected chi connectivity index (χ4v) is 5.25. The number of carbonyl (C=O) groups excluding carboxylic acids is 1. The predicted molar refractivity (Wildman–Crippen MR) is 144 cm³/mol. The van der Waals surface area contributed by atoms with Crippen LogP contribution in [0.5, 0.6) is 11.5 Å². The minimum atomic E-state index is 0.0917. The Labute approximate surface area is 216 Å². The van der Waals surface area contributed by atoms with Gasteiger partial charge in [0.15, 0.2) is 17.3 Å². The van der Waals surface area contributed by atoms with Crippen molar-refractivity contribution in [3.63, 3.8) is 0 Å². The quantitative estimate of drug-likeness (QED) is 0.158. The van der Waals surface area contributed by atoms with Crippen molar-refractivity contribution in [2.45, 2.75) is 50.6 Å². The number of aromatic hydroxyl groups is 1. The Morgan fingerprint density at radius 1 is 1.16 bits per heavy atom. The van der Waals surface area contributed by atoms with E-state index in [1.54, 1.807) is 12.3 Å². The highest BCUT2D eigenvalue weighted by molar-refractivity contribution is 6.10. The van der Waals surface area contributed by atoms with Gasteiger partial charge in [-0.05, 0) is 86.5 Å². The third kappa shape index (κ3) is 5.33. The monoisotopic (exact) mass is 500 g/mol. The van der Waals surface area contributed by atoms with Gasteiger partial charge in [-0.3, -0.25) is 14.7 Å². The molecule has 9 heteroatoms. The Balaban J connectivity index is 1.47. The van der Waals surface area contributed by atoms with Crippen LogP contribution in [0.1, 0.15) is 48.9 Å². The van der Waals surface area contributed by atoms with Crippen molar-refractivity contribution in [2.24, 2.45) is 11.0 Å². The average Bonchev–Trinajstić information content (AvgIpc) is 3.78. The molecule has 3 aromatic rings. The Bertz CT molecular complexity index is 1360. The van der Waals surface area contributed by atoms with Crippen molar-refractivity contribution < 1.29 is 14.6 Å². The third-order valence-electron chi connectivity index (χ3n) is 7.61. The number of carbonyl (C=O) groups is 1. The summed E-state index contributed by atoms with van der Waals surface area (Å²) in [5.74, 6) is 0.758. The number of ketones is 1. The fraction of sp³-hybridized carbons (Fsp3) is 0.429. The van der Waals surface area contributed by atoms with E-state index in [1.807, 2.05) is 31.3 Å². The smallest absolute Gasteiger partial charge is 0.169 e. The molecule has 2 aliphatic carbocycles. The lowest BCUT2D eigenvalue weighted by atomic mass is 9.89. The van der Waals surface area contributed by atoms with Crippen molar-refractivity contribution in [2.75, 3.05) is 26.1 Å². The average molecular weight is 501 g/mol. The van der Waals surface area contributed by atoms with E-state index in [2.05, 4.69) is 31.3 Å². The van der Waals surface area contributed by atoms with Crippen LogP contribution in [0, 0.1) is 5.92 Å². The van der Waals surface area contributed by atoms with Gasteiger partial charge in [0.25, 0.3) is 0 Å². The zero-order valence-electron chi connectivity index (χ0n) is 21.2. The molecule has 2 aromatic carbocycles. The van der Waals surface area contributed by atoms with Crippen molar-refractivity contribution in [1.82, 2.24) is 9.88 Å². The molecule has 2 saturated carbocycles. The molecule has 9 nitrogen and oxygen atoms in total. The number of hydrogen-bond donors (Lipinski definition) is 2. The van der Waals surface area contributed by atoms with Crippen LogP contribution >= 0.6 is 0 Å². The molecule has 1 aromatic heterocycles. The van der Waals surface area contributed by atoms with Crippen LogP contribution in [-0.2, 0) is 0 Å². The van der Waals surface area contributed by atoms with Gasteiger partial charge >= 0.3 is 0 Å². The minimum absolute atomic E-state index is 0.0917. The number of anilines is 1. The molecule has 37 heavy (non-hydrogen) atoms. The molecule has 0 radical (unpaired) electrons. The number of pyridine rings is 1. The fourth-order valence-electron chi connectivity index (χ4n) is 5.25. The molecule has 0 amide bonds. The molecule has 2 aliphatic rings. The Morgan fingerprint density at radius 2 is 1.89 bits per heavy atom. The van der Waals surface area contributed by atoms with Crippen LogP contribution in [0.15, 0.2) is 47.7 Å². The van der Waals surface area contributed by atoms with Crippen LogP contribution in [-0.4, -0.2) is 53.7 Å². The zero-order valence-corrected chi connectivity index (χ0v) is 21.2. The Morgan fingerprint density at radius 3 is 2.59 bits per heavy atom. The summed E-state index contributed by atoms with van der Waals surface area (Å²) in [6.07, 6.45) is 7.50. The molecule has 2 fully saturated rings. The second-order valence-corrected chi connectivity index (χ2v) is 10.1. The first-order valence-corrected chi connectivity index (χ1v) is 12.8. The summed E-state index contributed by atoms with van der Waals surface area (Å²) in [4.78, 5) is 22.9. The number of methoxy groups -OCH3 is 1. The number of aromatic nitrogens is 1. The maximum absolute atomic E-state index is 13.3. The van der Waals surface area contributed by atoms with Crippen LogP contribution < -0.4 is 10.1 Å². The molecule has 0 spiro atoms. The first-order chi connectivity index (χ1) is 18.0. The number of nitrogens with one attached hydrogen (secondary N) is 1. The highest BCUT2D eigenvalue weighted by atomic mass is 16.5. The van der Waals surface area contributed by atoms with E-state index in [0.29, 0.717) is 24.0 Å². The third-order valence-corrected chi connectivity index (χ3v) is 7.61. The number of fused-ring (bicyclic) bond motifs is 1. The van der Waals surface area contributed by atoms with Gasteiger partial charge in [-0.2, -0.15) is 0 Å². The van der Waals surface area contributed by atoms with Gasteiger partial charge in [0.1, 0.15) is 0 Å². The van der Waals surface area contributed by atoms with Crippen molar-refractivity contribution in [3.05, 3.63) is 58.6 Å². The largest absolute Gasteiger partial charge is 0.504 e. The predicted octanol–water partition coefficient (Wildman–Crippen LogP) is 6.13. The topological polar surface area (TPSA) is 123 Å². The number of hydrogen-bond acceptors (Lipinski definition) is 7. The number of phenolic OH excluding ortho intramolecular Hbond substituents is 1. The van der Waals surface area contributed by atoms with Crippen LogP contribution in [0.25, 0.3) is 32.5 Å². The van der Waals surface area contributed by atoms with Gasteiger partial charge in [0.2, 0.25) is 0 Å². The Kier molecular flexibility index (Phi) is 7.17. The second kappa shape index (κ2) is 10.7. The summed E-state index contributed by atoms with van der Waals surface area (Å²) in [6, 6.07) is 11.9. The van der Waals surface area contributed by atoms with Gasteiger partial charge in [0.05, 0.1) is 30.5 Å². The molecule has 192 valence electrons. The summed E-state index contributed by atoms with van der Waals surface area (Å²) in [5.41, 5.74) is 12.8. The normalized spacial score (nSPS) is 19.4. The van der Waals surface area contributed by atoms with E-state index in [9.17, 15) is 9.90 Å². The maximum atomic E-state index is 13.3. The van der Waals surface area contributed by atoms with Gasteiger partial charge in [-0.15, -0.1) is 0 Å². The van der Waals surface area contributed by atoms with Crippen LogP contribution in [0.2, 0.25) is 0 Å².